The predicted octanol–water partition coefficient (Wildman–Crippen LogP) is 4.41. The van der Waals surface area contributed by atoms with Crippen molar-refractivity contribution in [2.24, 2.45) is 0 Å². The molecule has 0 saturated heterocycles. The molecule has 0 saturated carbocycles. The second-order valence-corrected chi connectivity index (χ2v) is 15.3. The van der Waals surface area contributed by atoms with Gasteiger partial charge in [0.1, 0.15) is 0 Å². The van der Waals surface area contributed by atoms with Gasteiger partial charge in [-0.3, -0.25) is 0 Å². The van der Waals surface area contributed by atoms with Crippen LogP contribution in [-0.2, 0) is 8.85 Å². The molecule has 0 aliphatic heterocycles. The molecule has 0 radical (unpaired) electrons. The van der Waals surface area contributed by atoms with Gasteiger partial charge in [-0.2, -0.15) is 0 Å². The van der Waals surface area contributed by atoms with Crippen molar-refractivity contribution < 1.29 is 8.85 Å². The fourth-order valence-corrected chi connectivity index (χ4v) is 6.51. The van der Waals surface area contributed by atoms with Crippen LogP contribution in [0.25, 0.3) is 0 Å². The first-order valence-electron chi connectivity index (χ1n) is 9.31. The van der Waals surface area contributed by atoms with E-state index in [1.807, 2.05) is 0 Å². The van der Waals surface area contributed by atoms with E-state index in [4.69, 9.17) is 8.85 Å². The topological polar surface area (TPSA) is 18.5 Å². The average molecular weight is 373 g/mol. The van der Waals surface area contributed by atoms with Crippen LogP contribution in [0.15, 0.2) is 60.7 Å². The number of rotatable bonds is 10. The summed E-state index contributed by atoms with van der Waals surface area (Å²) in [6.45, 7) is 10.8. The number of hydrogen-bond acceptors (Lipinski definition) is 2. The van der Waals surface area contributed by atoms with Crippen molar-refractivity contribution in [3.8, 4) is 0 Å². The quantitative estimate of drug-likeness (QED) is 0.454. The van der Waals surface area contributed by atoms with Crippen LogP contribution in [0.4, 0.5) is 0 Å². The molecule has 0 unspecified atom stereocenters. The third-order valence-corrected chi connectivity index (χ3v) is 9.95. The Morgan fingerprint density at radius 3 is 1.28 bits per heavy atom. The van der Waals surface area contributed by atoms with Gasteiger partial charge in [0.25, 0.3) is 0 Å². The first-order valence-corrected chi connectivity index (χ1v) is 15.1. The Labute approximate surface area is 155 Å². The summed E-state index contributed by atoms with van der Waals surface area (Å²) >= 11 is 0. The zero-order chi connectivity index (χ0) is 18.2. The second kappa shape index (κ2) is 9.48. The molecule has 0 bridgehead atoms. The van der Waals surface area contributed by atoms with Crippen LogP contribution in [-0.4, -0.2) is 29.8 Å². The fourth-order valence-electron chi connectivity index (χ4n) is 2.88. The molecule has 136 valence electrons. The lowest BCUT2D eigenvalue weighted by molar-refractivity contribution is 0.277. The summed E-state index contributed by atoms with van der Waals surface area (Å²) in [6.07, 6.45) is 3.39. The van der Waals surface area contributed by atoms with Crippen molar-refractivity contribution in [3.63, 3.8) is 0 Å². The summed E-state index contributed by atoms with van der Waals surface area (Å²) in [6, 6.07) is 21.3. The predicted molar refractivity (Wildman–Crippen MR) is 113 cm³/mol. The van der Waals surface area contributed by atoms with Crippen molar-refractivity contribution in [2.45, 2.75) is 45.5 Å². The number of unbranched alkanes of at least 4 members (excludes halogenated alkanes) is 2. The molecule has 0 aromatic heterocycles. The SMILES string of the molecule is C[Si](C)(OCCCCCO[Si](C)(C)c1ccccc1)c1ccccc1. The van der Waals surface area contributed by atoms with E-state index < -0.39 is 16.6 Å². The average Bonchev–Trinajstić information content (AvgIpc) is 2.62. The zero-order valence-electron chi connectivity index (χ0n) is 16.1. The molecule has 0 fully saturated rings. The lowest BCUT2D eigenvalue weighted by atomic mass is 10.2. The van der Waals surface area contributed by atoms with Gasteiger partial charge in [0.15, 0.2) is 0 Å². The summed E-state index contributed by atoms with van der Waals surface area (Å²) in [5, 5.41) is 2.74. The van der Waals surface area contributed by atoms with Gasteiger partial charge in [-0.25, -0.2) is 0 Å². The highest BCUT2D eigenvalue weighted by Crippen LogP contribution is 2.09. The molecule has 2 nitrogen and oxygen atoms in total. The minimum absolute atomic E-state index is 0.855. The summed E-state index contributed by atoms with van der Waals surface area (Å²) < 4.78 is 12.5. The Balaban J connectivity index is 1.62. The van der Waals surface area contributed by atoms with E-state index in [0.29, 0.717) is 0 Å². The molecule has 0 atom stereocenters. The molecular formula is C21H32O2Si2. The van der Waals surface area contributed by atoms with Gasteiger partial charge in [-0.1, -0.05) is 60.7 Å². The fraction of sp³-hybridized carbons (Fsp3) is 0.429. The Kier molecular flexibility index (Phi) is 7.63. The lowest BCUT2D eigenvalue weighted by Crippen LogP contribution is -2.45. The Hall–Kier alpha value is -1.21. The van der Waals surface area contributed by atoms with E-state index in [1.54, 1.807) is 0 Å². The standard InChI is InChI=1S/C21H32O2Si2/c1-24(2,20-14-8-5-9-15-20)22-18-12-7-13-19-23-25(3,4)21-16-10-6-11-17-21/h5-6,8-11,14-17H,7,12-13,18-19H2,1-4H3. The van der Waals surface area contributed by atoms with E-state index in [9.17, 15) is 0 Å². The lowest BCUT2D eigenvalue weighted by Gasteiger charge is -2.24. The molecule has 0 aliphatic carbocycles. The van der Waals surface area contributed by atoms with E-state index in [2.05, 4.69) is 86.9 Å². The van der Waals surface area contributed by atoms with Gasteiger partial charge in [-0.15, -0.1) is 0 Å². The van der Waals surface area contributed by atoms with Crippen molar-refractivity contribution in [1.29, 1.82) is 0 Å². The van der Waals surface area contributed by atoms with Gasteiger partial charge in [0, 0.05) is 13.2 Å². The maximum Gasteiger partial charge on any atom is 0.218 e. The molecule has 0 spiro atoms. The zero-order valence-corrected chi connectivity index (χ0v) is 18.1. The highest BCUT2D eigenvalue weighted by Gasteiger charge is 2.25. The minimum Gasteiger partial charge on any atom is -0.413 e. The highest BCUT2D eigenvalue weighted by molar-refractivity contribution is 6.84. The Morgan fingerprint density at radius 2 is 0.920 bits per heavy atom. The number of benzene rings is 2. The molecule has 2 aromatic rings. The van der Waals surface area contributed by atoms with Gasteiger partial charge in [0.05, 0.1) is 0 Å². The van der Waals surface area contributed by atoms with Crippen LogP contribution < -0.4 is 10.4 Å². The summed E-state index contributed by atoms with van der Waals surface area (Å²) in [7, 11) is -3.49. The molecule has 4 heteroatoms. The third kappa shape index (κ3) is 6.55. The van der Waals surface area contributed by atoms with Crippen LogP contribution >= 0.6 is 0 Å². The van der Waals surface area contributed by atoms with Crippen molar-refractivity contribution >= 4 is 27.0 Å². The summed E-state index contributed by atoms with van der Waals surface area (Å²) in [4.78, 5) is 0. The van der Waals surface area contributed by atoms with E-state index in [0.717, 1.165) is 26.1 Å². The Bertz CT molecular complexity index is 557. The Morgan fingerprint density at radius 1 is 0.560 bits per heavy atom. The van der Waals surface area contributed by atoms with Crippen LogP contribution in [0.1, 0.15) is 19.3 Å². The maximum absolute atomic E-state index is 6.24. The van der Waals surface area contributed by atoms with E-state index in [-0.39, 0.29) is 0 Å². The van der Waals surface area contributed by atoms with E-state index in [1.165, 1.54) is 16.8 Å². The first-order chi connectivity index (χ1) is 11.9. The molecule has 0 heterocycles. The molecule has 25 heavy (non-hydrogen) atoms. The third-order valence-electron chi connectivity index (χ3n) is 4.65. The first kappa shape index (κ1) is 20.1. The van der Waals surface area contributed by atoms with Crippen LogP contribution in [0.3, 0.4) is 0 Å². The molecular weight excluding hydrogens is 340 g/mol. The summed E-state index contributed by atoms with van der Waals surface area (Å²) in [5.74, 6) is 0. The van der Waals surface area contributed by atoms with Crippen molar-refractivity contribution in [3.05, 3.63) is 60.7 Å². The molecule has 2 rings (SSSR count). The van der Waals surface area contributed by atoms with Gasteiger partial charge < -0.3 is 8.85 Å². The van der Waals surface area contributed by atoms with Crippen molar-refractivity contribution in [2.75, 3.05) is 13.2 Å². The largest absolute Gasteiger partial charge is 0.413 e. The second-order valence-electron chi connectivity index (χ2n) is 7.51. The number of hydrogen-bond donors (Lipinski definition) is 0. The van der Waals surface area contributed by atoms with Gasteiger partial charge in [-0.05, 0) is 55.8 Å². The molecule has 0 aliphatic rings. The normalized spacial score (nSPS) is 12.3. The van der Waals surface area contributed by atoms with Crippen LogP contribution in [0.2, 0.25) is 26.2 Å². The smallest absolute Gasteiger partial charge is 0.218 e. The molecule has 2 aromatic carbocycles. The summed E-state index contributed by atoms with van der Waals surface area (Å²) in [5.41, 5.74) is 0. The van der Waals surface area contributed by atoms with E-state index >= 15 is 0 Å². The van der Waals surface area contributed by atoms with Crippen LogP contribution in [0, 0.1) is 0 Å². The highest BCUT2D eigenvalue weighted by atomic mass is 28.4. The van der Waals surface area contributed by atoms with Gasteiger partial charge >= 0.3 is 0 Å². The maximum atomic E-state index is 6.24. The van der Waals surface area contributed by atoms with Crippen LogP contribution in [0.5, 0.6) is 0 Å². The van der Waals surface area contributed by atoms with Crippen molar-refractivity contribution in [1.82, 2.24) is 0 Å². The molecule has 0 amide bonds. The van der Waals surface area contributed by atoms with Gasteiger partial charge in [0.2, 0.25) is 16.6 Å². The monoisotopic (exact) mass is 372 g/mol. The minimum atomic E-state index is -1.75. The molecule has 0 N–H and O–H groups in total.